The van der Waals surface area contributed by atoms with E-state index < -0.39 is 12.1 Å². The summed E-state index contributed by atoms with van der Waals surface area (Å²) in [5.74, 6) is -2.10. The minimum absolute atomic E-state index is 0.155. The maximum Gasteiger partial charge on any atom is 0.490 e. The number of aliphatic carboxylic acids is 1. The first-order valence-corrected chi connectivity index (χ1v) is 10.0. The minimum atomic E-state index is -5.08. The molecule has 0 atom stereocenters. The Labute approximate surface area is 181 Å². The van der Waals surface area contributed by atoms with Crippen LogP contribution in [0.2, 0.25) is 0 Å². The lowest BCUT2D eigenvalue weighted by Gasteiger charge is -2.52. The first-order chi connectivity index (χ1) is 15.0. The van der Waals surface area contributed by atoms with Gasteiger partial charge in [0.15, 0.2) is 0 Å². The van der Waals surface area contributed by atoms with E-state index in [1.165, 1.54) is 6.42 Å². The van der Waals surface area contributed by atoms with E-state index in [1.807, 2.05) is 36.2 Å². The molecular weight excluding hydrogens is 429 g/mol. The van der Waals surface area contributed by atoms with Crippen molar-refractivity contribution in [1.82, 2.24) is 29.7 Å². The Bertz CT molecular complexity index is 1130. The summed E-state index contributed by atoms with van der Waals surface area (Å²) in [6.45, 7) is 4.43. The number of aromatic nitrogens is 5. The average Bonchev–Trinajstić information content (AvgIpc) is 3.41. The molecule has 1 spiro atoms. The van der Waals surface area contributed by atoms with E-state index in [9.17, 15) is 13.2 Å². The molecule has 32 heavy (non-hydrogen) atoms. The largest absolute Gasteiger partial charge is 0.490 e. The van der Waals surface area contributed by atoms with Gasteiger partial charge in [-0.05, 0) is 44.2 Å². The van der Waals surface area contributed by atoms with Crippen molar-refractivity contribution >= 4 is 11.5 Å². The molecule has 2 aliphatic rings. The van der Waals surface area contributed by atoms with Crippen LogP contribution in [-0.2, 0) is 11.8 Å². The number of hydrogen-bond acceptors (Lipinski definition) is 6. The topological polar surface area (TPSA) is 107 Å². The highest BCUT2D eigenvalue weighted by atomic mass is 19.4. The summed E-state index contributed by atoms with van der Waals surface area (Å²) in [5, 5.41) is 19.2. The molecule has 2 N–H and O–H groups in total. The Morgan fingerprint density at radius 1 is 1.28 bits per heavy atom. The molecule has 3 aromatic heterocycles. The third-order valence-electron chi connectivity index (χ3n) is 5.77. The highest BCUT2D eigenvalue weighted by molar-refractivity contribution is 5.73. The second-order valence-corrected chi connectivity index (χ2v) is 8.63. The number of ether oxygens (including phenoxy) is 1. The van der Waals surface area contributed by atoms with Gasteiger partial charge in [-0.25, -0.2) is 14.3 Å². The highest BCUT2D eigenvalue weighted by Gasteiger charge is 2.55. The van der Waals surface area contributed by atoms with Gasteiger partial charge in [0.1, 0.15) is 11.1 Å². The predicted octanol–water partition coefficient (Wildman–Crippen LogP) is 2.67. The summed E-state index contributed by atoms with van der Waals surface area (Å²) >= 11 is 0. The molecule has 0 radical (unpaired) electrons. The number of nitrogens with zero attached hydrogens (tertiary/aromatic N) is 5. The number of aryl methyl sites for hydroxylation is 1. The lowest BCUT2D eigenvalue weighted by molar-refractivity contribution is -0.192. The van der Waals surface area contributed by atoms with Crippen molar-refractivity contribution in [1.29, 1.82) is 0 Å². The molecule has 2 fully saturated rings. The second kappa shape index (κ2) is 7.76. The smallest absolute Gasteiger partial charge is 0.475 e. The van der Waals surface area contributed by atoms with Crippen LogP contribution in [0, 0.1) is 5.41 Å². The zero-order chi connectivity index (χ0) is 23.1. The van der Waals surface area contributed by atoms with Crippen LogP contribution >= 0.6 is 0 Å². The van der Waals surface area contributed by atoms with Crippen molar-refractivity contribution < 1.29 is 27.8 Å². The predicted molar refractivity (Wildman–Crippen MR) is 107 cm³/mol. The molecule has 3 aromatic rings. The van der Waals surface area contributed by atoms with Crippen molar-refractivity contribution in [3.05, 3.63) is 30.9 Å². The van der Waals surface area contributed by atoms with Crippen LogP contribution in [0.25, 0.3) is 16.8 Å². The van der Waals surface area contributed by atoms with E-state index in [1.54, 1.807) is 10.9 Å². The van der Waals surface area contributed by atoms with Gasteiger partial charge < -0.3 is 15.2 Å². The lowest BCUT2D eigenvalue weighted by atomic mass is 9.59. The average molecular weight is 452 g/mol. The van der Waals surface area contributed by atoms with E-state index in [-0.39, 0.29) is 5.60 Å². The Morgan fingerprint density at radius 3 is 2.56 bits per heavy atom. The van der Waals surface area contributed by atoms with E-state index in [0.717, 1.165) is 42.7 Å². The lowest BCUT2D eigenvalue weighted by Crippen LogP contribution is -2.54. The van der Waals surface area contributed by atoms with Crippen molar-refractivity contribution in [3.63, 3.8) is 0 Å². The molecule has 1 aliphatic carbocycles. The van der Waals surface area contributed by atoms with Crippen LogP contribution in [0.4, 0.5) is 13.2 Å². The van der Waals surface area contributed by atoms with Gasteiger partial charge in [0.05, 0.1) is 24.3 Å². The number of carbonyl (C=O) groups is 1. The number of alkyl halides is 3. The molecule has 0 unspecified atom stereocenters. The molecule has 1 aliphatic heterocycles. The molecule has 1 saturated heterocycles. The number of rotatable bonds is 3. The van der Waals surface area contributed by atoms with E-state index in [4.69, 9.17) is 19.6 Å². The molecule has 12 heteroatoms. The zero-order valence-corrected chi connectivity index (χ0v) is 17.6. The molecule has 0 aromatic carbocycles. The molecule has 9 nitrogen and oxygen atoms in total. The van der Waals surface area contributed by atoms with Gasteiger partial charge in [-0.15, -0.1) is 0 Å². The van der Waals surface area contributed by atoms with Crippen LogP contribution in [0.15, 0.2) is 30.9 Å². The fraction of sp³-hybridized carbons (Fsp3) is 0.500. The molecule has 5 rings (SSSR count). The third-order valence-corrected chi connectivity index (χ3v) is 5.77. The fourth-order valence-corrected chi connectivity index (χ4v) is 4.60. The van der Waals surface area contributed by atoms with Crippen LogP contribution in [0.1, 0.15) is 26.2 Å². The fourth-order valence-electron chi connectivity index (χ4n) is 4.60. The van der Waals surface area contributed by atoms with Crippen LogP contribution < -0.4 is 10.1 Å². The van der Waals surface area contributed by atoms with Crippen molar-refractivity contribution in [2.75, 3.05) is 13.1 Å². The summed E-state index contributed by atoms with van der Waals surface area (Å²) in [7, 11) is 1.90. The number of halogens is 3. The van der Waals surface area contributed by atoms with Crippen LogP contribution in [0.5, 0.6) is 5.88 Å². The molecule has 0 bridgehead atoms. The van der Waals surface area contributed by atoms with Gasteiger partial charge in [0.2, 0.25) is 5.88 Å². The number of carboxylic acid groups (broad SMARTS) is 1. The normalized spacial score (nSPS) is 24.8. The molecule has 4 heterocycles. The van der Waals surface area contributed by atoms with Gasteiger partial charge in [-0.2, -0.15) is 23.4 Å². The maximum absolute atomic E-state index is 10.6. The van der Waals surface area contributed by atoms with Crippen molar-refractivity contribution in [2.45, 2.75) is 38.0 Å². The third kappa shape index (κ3) is 4.40. The van der Waals surface area contributed by atoms with Gasteiger partial charge in [0.25, 0.3) is 0 Å². The Balaban J connectivity index is 0.000000307. The minimum Gasteiger partial charge on any atom is -0.475 e. The number of carboxylic acids is 1. The van der Waals surface area contributed by atoms with Crippen LogP contribution in [0.3, 0.4) is 0 Å². The Morgan fingerprint density at radius 2 is 2.00 bits per heavy atom. The molecule has 172 valence electrons. The molecular formula is C20H23F3N6O3. The standard InChI is InChI=1S/C18H22N6O.C2HF3O2/c1-17(10-18(11-17)4-6-19-12-18)25-16-15-3-5-20-24(15)9-14(22-16)13-7-21-23(2)8-13;3-2(4,5)1(6)7/h3,5,7-9,19H,4,6,10-12H2,1-2H3;(H,6,7). The highest BCUT2D eigenvalue weighted by Crippen LogP contribution is 2.53. The maximum atomic E-state index is 10.6. The Kier molecular flexibility index (Phi) is 5.35. The SMILES string of the molecule is Cn1cc(-c2cn3nccc3c(OC3(C)CC4(CCNC4)C3)n2)cn1.O=C(O)C(F)(F)F. The summed E-state index contributed by atoms with van der Waals surface area (Å²) in [4.78, 5) is 13.7. The summed E-state index contributed by atoms with van der Waals surface area (Å²) in [5.41, 5.74) is 2.95. The summed E-state index contributed by atoms with van der Waals surface area (Å²) in [6, 6.07) is 1.95. The van der Waals surface area contributed by atoms with Crippen molar-refractivity contribution in [3.8, 4) is 17.1 Å². The first-order valence-electron chi connectivity index (χ1n) is 10.0. The summed E-state index contributed by atoms with van der Waals surface area (Å²) in [6.07, 6.45) is 5.78. The van der Waals surface area contributed by atoms with Gasteiger partial charge in [-0.3, -0.25) is 4.68 Å². The molecule has 1 saturated carbocycles. The number of nitrogens with one attached hydrogen (secondary N) is 1. The summed E-state index contributed by atoms with van der Waals surface area (Å²) < 4.78 is 41.8. The Hall–Kier alpha value is -3.15. The second-order valence-electron chi connectivity index (χ2n) is 8.63. The number of hydrogen-bond donors (Lipinski definition) is 2. The van der Waals surface area contributed by atoms with Crippen LogP contribution in [-0.4, -0.2) is 60.3 Å². The van der Waals surface area contributed by atoms with Gasteiger partial charge in [0, 0.05) is 25.4 Å². The first kappa shape index (κ1) is 22.1. The quantitative estimate of drug-likeness (QED) is 0.629. The van der Waals surface area contributed by atoms with Gasteiger partial charge >= 0.3 is 12.1 Å². The zero-order valence-electron chi connectivity index (χ0n) is 17.6. The van der Waals surface area contributed by atoms with Gasteiger partial charge in [-0.1, -0.05) is 0 Å². The van der Waals surface area contributed by atoms with E-state index in [2.05, 4.69) is 22.4 Å². The monoisotopic (exact) mass is 452 g/mol. The van der Waals surface area contributed by atoms with E-state index >= 15 is 0 Å². The van der Waals surface area contributed by atoms with Crippen molar-refractivity contribution in [2.24, 2.45) is 12.5 Å². The molecule has 0 amide bonds. The number of fused-ring (bicyclic) bond motifs is 1. The van der Waals surface area contributed by atoms with E-state index in [0.29, 0.717) is 11.3 Å².